The number of halogens is 1. The lowest BCUT2D eigenvalue weighted by Gasteiger charge is -2.00. The Morgan fingerprint density at radius 1 is 1.50 bits per heavy atom. The standard InChI is InChI=1S/C8H6ClN3O2/c1-4-10-11-7-3-5(8(13)14)2-6(9)12(4)7/h2-3H,1H3,(H,13,14). The van der Waals surface area contributed by atoms with Crippen LogP contribution in [-0.2, 0) is 0 Å². The zero-order chi connectivity index (χ0) is 10.3. The number of nitrogens with zero attached hydrogens (tertiary/aromatic N) is 3. The third kappa shape index (κ3) is 1.22. The topological polar surface area (TPSA) is 67.5 Å². The second kappa shape index (κ2) is 2.95. The summed E-state index contributed by atoms with van der Waals surface area (Å²) >= 11 is 5.87. The first-order valence-corrected chi connectivity index (χ1v) is 4.22. The SMILES string of the molecule is Cc1nnc2cc(C(=O)O)cc(Cl)n12. The van der Waals surface area contributed by atoms with Crippen molar-refractivity contribution in [1.82, 2.24) is 14.6 Å². The lowest BCUT2D eigenvalue weighted by atomic mass is 10.3. The van der Waals surface area contributed by atoms with E-state index >= 15 is 0 Å². The number of aromatic carboxylic acids is 1. The molecule has 2 aromatic heterocycles. The largest absolute Gasteiger partial charge is 0.478 e. The van der Waals surface area contributed by atoms with E-state index < -0.39 is 5.97 Å². The summed E-state index contributed by atoms with van der Waals surface area (Å²) in [7, 11) is 0. The number of carboxylic acid groups (broad SMARTS) is 1. The molecule has 2 aromatic rings. The van der Waals surface area contributed by atoms with Gasteiger partial charge in [-0.1, -0.05) is 11.6 Å². The van der Waals surface area contributed by atoms with Gasteiger partial charge in [0.2, 0.25) is 0 Å². The van der Waals surface area contributed by atoms with E-state index in [2.05, 4.69) is 10.2 Å². The van der Waals surface area contributed by atoms with Crippen molar-refractivity contribution >= 4 is 23.2 Å². The minimum Gasteiger partial charge on any atom is -0.478 e. The maximum Gasteiger partial charge on any atom is 0.335 e. The fourth-order valence-corrected chi connectivity index (χ4v) is 1.56. The van der Waals surface area contributed by atoms with Crippen molar-refractivity contribution in [2.45, 2.75) is 6.92 Å². The zero-order valence-electron chi connectivity index (χ0n) is 7.23. The maximum atomic E-state index is 10.7. The van der Waals surface area contributed by atoms with Crippen LogP contribution in [0.15, 0.2) is 12.1 Å². The van der Waals surface area contributed by atoms with Gasteiger partial charge in [0.05, 0.1) is 5.56 Å². The molecule has 0 saturated heterocycles. The molecule has 5 nitrogen and oxygen atoms in total. The van der Waals surface area contributed by atoms with Gasteiger partial charge in [-0.05, 0) is 19.1 Å². The molecule has 0 fully saturated rings. The molecule has 0 amide bonds. The Bertz CT molecular complexity index is 521. The van der Waals surface area contributed by atoms with Gasteiger partial charge in [-0.15, -0.1) is 10.2 Å². The average molecular weight is 212 g/mol. The summed E-state index contributed by atoms with van der Waals surface area (Å²) in [6.07, 6.45) is 0. The number of aromatic nitrogens is 3. The maximum absolute atomic E-state index is 10.7. The lowest BCUT2D eigenvalue weighted by molar-refractivity contribution is 0.0697. The van der Waals surface area contributed by atoms with E-state index in [0.717, 1.165) is 0 Å². The van der Waals surface area contributed by atoms with Crippen LogP contribution in [0.3, 0.4) is 0 Å². The number of hydrogen-bond donors (Lipinski definition) is 1. The molecule has 14 heavy (non-hydrogen) atoms. The Hall–Kier alpha value is -1.62. The Balaban J connectivity index is 2.80. The Morgan fingerprint density at radius 3 is 2.86 bits per heavy atom. The van der Waals surface area contributed by atoms with Crippen molar-refractivity contribution in [2.75, 3.05) is 0 Å². The van der Waals surface area contributed by atoms with Crippen LogP contribution in [0.2, 0.25) is 5.15 Å². The van der Waals surface area contributed by atoms with E-state index in [1.807, 2.05) is 0 Å². The predicted molar refractivity (Wildman–Crippen MR) is 49.7 cm³/mol. The molecule has 0 aliphatic carbocycles. The van der Waals surface area contributed by atoms with E-state index in [1.165, 1.54) is 12.1 Å². The van der Waals surface area contributed by atoms with Gasteiger partial charge in [0.25, 0.3) is 0 Å². The first kappa shape index (κ1) is 8.96. The Kier molecular flexibility index (Phi) is 1.89. The molecule has 0 aromatic carbocycles. The summed E-state index contributed by atoms with van der Waals surface area (Å²) in [5, 5.41) is 16.6. The summed E-state index contributed by atoms with van der Waals surface area (Å²) in [5.41, 5.74) is 0.544. The predicted octanol–water partition coefficient (Wildman–Crippen LogP) is 1.39. The number of rotatable bonds is 1. The number of hydrogen-bond acceptors (Lipinski definition) is 3. The van der Waals surface area contributed by atoms with Crippen molar-refractivity contribution in [2.24, 2.45) is 0 Å². The van der Waals surface area contributed by atoms with Gasteiger partial charge in [-0.2, -0.15) is 0 Å². The van der Waals surface area contributed by atoms with Gasteiger partial charge < -0.3 is 5.11 Å². The summed E-state index contributed by atoms with van der Waals surface area (Å²) in [6, 6.07) is 2.79. The van der Waals surface area contributed by atoms with Gasteiger partial charge in [-0.3, -0.25) is 4.40 Å². The molecule has 2 heterocycles. The summed E-state index contributed by atoms with van der Waals surface area (Å²) < 4.78 is 1.58. The fraction of sp³-hybridized carbons (Fsp3) is 0.125. The normalized spacial score (nSPS) is 10.7. The first-order chi connectivity index (χ1) is 6.59. The molecular weight excluding hydrogens is 206 g/mol. The number of fused-ring (bicyclic) bond motifs is 1. The number of pyridine rings is 1. The third-order valence-electron chi connectivity index (χ3n) is 1.87. The lowest BCUT2D eigenvalue weighted by Crippen LogP contribution is -1.99. The smallest absolute Gasteiger partial charge is 0.335 e. The van der Waals surface area contributed by atoms with Crippen LogP contribution in [0, 0.1) is 6.92 Å². The van der Waals surface area contributed by atoms with Gasteiger partial charge >= 0.3 is 5.97 Å². The van der Waals surface area contributed by atoms with E-state index in [1.54, 1.807) is 11.3 Å². The molecule has 0 atom stereocenters. The third-order valence-corrected chi connectivity index (χ3v) is 2.15. The van der Waals surface area contributed by atoms with E-state index in [0.29, 0.717) is 16.6 Å². The molecule has 0 bridgehead atoms. The van der Waals surface area contributed by atoms with Crippen molar-refractivity contribution in [1.29, 1.82) is 0 Å². The van der Waals surface area contributed by atoms with Gasteiger partial charge in [0, 0.05) is 0 Å². The second-order valence-electron chi connectivity index (χ2n) is 2.81. The van der Waals surface area contributed by atoms with Crippen LogP contribution in [0.1, 0.15) is 16.2 Å². The number of carbonyl (C=O) groups is 1. The molecular formula is C8H6ClN3O2. The average Bonchev–Trinajstić information content (AvgIpc) is 2.48. The molecule has 72 valence electrons. The van der Waals surface area contributed by atoms with Crippen molar-refractivity contribution in [3.05, 3.63) is 28.7 Å². The van der Waals surface area contributed by atoms with Gasteiger partial charge in [0.1, 0.15) is 11.0 Å². The minimum absolute atomic E-state index is 0.106. The van der Waals surface area contributed by atoms with E-state index in [4.69, 9.17) is 16.7 Å². The highest BCUT2D eigenvalue weighted by Crippen LogP contribution is 2.16. The molecule has 0 spiro atoms. The van der Waals surface area contributed by atoms with Crippen molar-refractivity contribution in [3.63, 3.8) is 0 Å². The van der Waals surface area contributed by atoms with Crippen LogP contribution in [-0.4, -0.2) is 25.7 Å². The van der Waals surface area contributed by atoms with E-state index in [-0.39, 0.29) is 5.56 Å². The molecule has 1 N–H and O–H groups in total. The van der Waals surface area contributed by atoms with E-state index in [9.17, 15) is 4.79 Å². The van der Waals surface area contributed by atoms with Crippen molar-refractivity contribution < 1.29 is 9.90 Å². The number of carboxylic acids is 1. The summed E-state index contributed by atoms with van der Waals surface area (Å²) in [6.45, 7) is 1.74. The van der Waals surface area contributed by atoms with Crippen LogP contribution in [0.25, 0.3) is 5.65 Å². The van der Waals surface area contributed by atoms with Crippen LogP contribution in [0.4, 0.5) is 0 Å². The zero-order valence-corrected chi connectivity index (χ0v) is 7.99. The van der Waals surface area contributed by atoms with Gasteiger partial charge in [0.15, 0.2) is 5.65 Å². The molecule has 0 saturated carbocycles. The minimum atomic E-state index is -1.03. The molecule has 0 aliphatic heterocycles. The second-order valence-corrected chi connectivity index (χ2v) is 3.20. The highest BCUT2D eigenvalue weighted by atomic mass is 35.5. The highest BCUT2D eigenvalue weighted by Gasteiger charge is 2.10. The monoisotopic (exact) mass is 211 g/mol. The molecule has 0 aliphatic rings. The number of aryl methyl sites for hydroxylation is 1. The summed E-state index contributed by atoms with van der Waals surface area (Å²) in [4.78, 5) is 10.7. The highest BCUT2D eigenvalue weighted by molar-refractivity contribution is 6.30. The molecule has 6 heteroatoms. The Morgan fingerprint density at radius 2 is 2.21 bits per heavy atom. The first-order valence-electron chi connectivity index (χ1n) is 3.84. The fourth-order valence-electron chi connectivity index (χ4n) is 1.23. The quantitative estimate of drug-likeness (QED) is 0.724. The van der Waals surface area contributed by atoms with Crippen LogP contribution in [0.5, 0.6) is 0 Å². The van der Waals surface area contributed by atoms with Crippen LogP contribution >= 0.6 is 11.6 Å². The van der Waals surface area contributed by atoms with Gasteiger partial charge in [-0.25, -0.2) is 4.79 Å². The Labute approximate surface area is 83.9 Å². The molecule has 2 rings (SSSR count). The van der Waals surface area contributed by atoms with Crippen molar-refractivity contribution in [3.8, 4) is 0 Å². The molecule has 0 unspecified atom stereocenters. The summed E-state index contributed by atoms with van der Waals surface area (Å²) in [5.74, 6) is -0.406. The van der Waals surface area contributed by atoms with Crippen LogP contribution < -0.4 is 0 Å². The molecule has 0 radical (unpaired) electrons.